The fourth-order valence-electron chi connectivity index (χ4n) is 1.01. The van der Waals surface area contributed by atoms with Crippen LogP contribution in [0.4, 0.5) is 0 Å². The maximum absolute atomic E-state index is 3.93. The molecule has 0 saturated carbocycles. The minimum Gasteiger partial charge on any atom is -0.350 e. The zero-order valence-corrected chi connectivity index (χ0v) is 8.96. The van der Waals surface area contributed by atoms with Crippen molar-refractivity contribution in [3.05, 3.63) is 24.6 Å². The highest BCUT2D eigenvalue weighted by atomic mass is 15.1. The Bertz CT molecular complexity index is 166. The van der Waals surface area contributed by atoms with Crippen molar-refractivity contribution in [3.63, 3.8) is 0 Å². The highest BCUT2D eigenvalue weighted by Crippen LogP contribution is 2.08. The normalized spacial score (nSPS) is 11.6. The van der Waals surface area contributed by atoms with Crippen molar-refractivity contribution in [2.45, 2.75) is 40.7 Å². The Morgan fingerprint density at radius 3 is 2.00 bits per heavy atom. The van der Waals surface area contributed by atoms with Gasteiger partial charge in [-0.25, -0.2) is 0 Å². The number of allylic oxidation sites excluding steroid dienone is 2. The van der Waals surface area contributed by atoms with Crippen LogP contribution in [0.1, 0.15) is 34.6 Å². The molecule has 0 amide bonds. The monoisotopic (exact) mass is 167 g/mol. The second-order valence-electron chi connectivity index (χ2n) is 3.82. The van der Waals surface area contributed by atoms with Crippen molar-refractivity contribution in [2.24, 2.45) is 5.92 Å². The van der Waals surface area contributed by atoms with Gasteiger partial charge in [0.25, 0.3) is 0 Å². The molecule has 0 N–H and O–H groups in total. The Hall–Kier alpha value is -0.720. The summed E-state index contributed by atoms with van der Waals surface area (Å²) in [7, 11) is 0. The summed E-state index contributed by atoms with van der Waals surface area (Å²) in [5.74, 6) is 0.602. The van der Waals surface area contributed by atoms with Gasteiger partial charge in [-0.3, -0.25) is 0 Å². The van der Waals surface area contributed by atoms with Crippen LogP contribution in [-0.4, -0.2) is 10.9 Å². The van der Waals surface area contributed by atoms with Gasteiger partial charge in [-0.2, -0.15) is 0 Å². The first-order chi connectivity index (χ1) is 5.45. The molecule has 0 saturated heterocycles. The molecule has 1 nitrogen and oxygen atoms in total. The van der Waals surface area contributed by atoms with E-state index in [4.69, 9.17) is 0 Å². The van der Waals surface area contributed by atoms with Crippen LogP contribution < -0.4 is 0 Å². The van der Waals surface area contributed by atoms with Crippen molar-refractivity contribution < 1.29 is 0 Å². The minimum absolute atomic E-state index is 0.498. The van der Waals surface area contributed by atoms with Gasteiger partial charge in [-0.05, 0) is 26.7 Å². The van der Waals surface area contributed by atoms with Crippen LogP contribution >= 0.6 is 0 Å². The molecule has 0 aromatic carbocycles. The minimum atomic E-state index is 0.498. The largest absolute Gasteiger partial charge is 0.350 e. The molecular formula is C11H21N. The highest BCUT2D eigenvalue weighted by Gasteiger charge is 2.03. The molecule has 0 bridgehead atoms. The number of rotatable bonds is 4. The van der Waals surface area contributed by atoms with Crippen LogP contribution in [0.5, 0.6) is 0 Å². The van der Waals surface area contributed by atoms with Crippen molar-refractivity contribution in [1.29, 1.82) is 0 Å². The quantitative estimate of drug-likeness (QED) is 0.620. The predicted molar refractivity (Wildman–Crippen MR) is 55.8 cm³/mol. The van der Waals surface area contributed by atoms with Crippen molar-refractivity contribution in [3.8, 4) is 0 Å². The number of nitrogens with zero attached hydrogens (tertiary/aromatic N) is 1. The molecule has 0 fully saturated rings. The van der Waals surface area contributed by atoms with Crippen LogP contribution in [0.3, 0.4) is 0 Å². The summed E-state index contributed by atoms with van der Waals surface area (Å²) in [6.07, 6.45) is 4.31. The lowest BCUT2D eigenvalue weighted by Crippen LogP contribution is -2.22. The standard InChI is InChI=1S/C11H21N/c1-9(2)7-8-12(10(3)4)11(5)6/h7-9,11H,3H2,1-2,4-6H3/b8-7-. The van der Waals surface area contributed by atoms with Gasteiger partial charge in [0.05, 0.1) is 0 Å². The van der Waals surface area contributed by atoms with Gasteiger partial charge in [0.2, 0.25) is 0 Å². The van der Waals surface area contributed by atoms with Gasteiger partial charge in [-0.1, -0.05) is 26.5 Å². The summed E-state index contributed by atoms with van der Waals surface area (Å²) in [5.41, 5.74) is 1.10. The summed E-state index contributed by atoms with van der Waals surface area (Å²) in [5, 5.41) is 0. The average Bonchev–Trinajstić information content (AvgIpc) is 1.84. The summed E-state index contributed by atoms with van der Waals surface area (Å²) >= 11 is 0. The summed E-state index contributed by atoms with van der Waals surface area (Å²) < 4.78 is 0. The lowest BCUT2D eigenvalue weighted by Gasteiger charge is -2.25. The molecule has 1 heteroatoms. The molecule has 0 aromatic rings. The smallest absolute Gasteiger partial charge is 0.0276 e. The van der Waals surface area contributed by atoms with Gasteiger partial charge in [0, 0.05) is 17.9 Å². The molecule has 0 heterocycles. The maximum Gasteiger partial charge on any atom is 0.0276 e. The third-order valence-electron chi connectivity index (χ3n) is 1.63. The molecule has 0 spiro atoms. The zero-order chi connectivity index (χ0) is 9.72. The second-order valence-corrected chi connectivity index (χ2v) is 3.82. The fourth-order valence-corrected chi connectivity index (χ4v) is 1.01. The predicted octanol–water partition coefficient (Wildman–Crippen LogP) is 3.40. The molecule has 0 radical (unpaired) electrons. The van der Waals surface area contributed by atoms with Gasteiger partial charge in [0.15, 0.2) is 0 Å². The van der Waals surface area contributed by atoms with Crippen molar-refractivity contribution >= 4 is 0 Å². The van der Waals surface area contributed by atoms with E-state index in [-0.39, 0.29) is 0 Å². The molecule has 0 aromatic heterocycles. The van der Waals surface area contributed by atoms with E-state index in [9.17, 15) is 0 Å². The van der Waals surface area contributed by atoms with Crippen molar-refractivity contribution in [2.75, 3.05) is 0 Å². The van der Waals surface area contributed by atoms with Crippen LogP contribution in [0.15, 0.2) is 24.6 Å². The van der Waals surface area contributed by atoms with E-state index in [2.05, 4.69) is 51.4 Å². The molecule has 0 rings (SSSR count). The van der Waals surface area contributed by atoms with Crippen LogP contribution in [0.25, 0.3) is 0 Å². The SMILES string of the molecule is C=C(C)N(/C=C\C(C)C)C(C)C. The first-order valence-electron chi connectivity index (χ1n) is 4.57. The summed E-state index contributed by atoms with van der Waals surface area (Å²) in [6.45, 7) is 14.6. The summed E-state index contributed by atoms with van der Waals surface area (Å²) in [6, 6.07) is 0.498. The first kappa shape index (κ1) is 11.3. The van der Waals surface area contributed by atoms with Crippen LogP contribution in [0.2, 0.25) is 0 Å². The Morgan fingerprint density at radius 1 is 1.25 bits per heavy atom. The zero-order valence-electron chi connectivity index (χ0n) is 8.96. The first-order valence-corrected chi connectivity index (χ1v) is 4.57. The van der Waals surface area contributed by atoms with E-state index in [0.717, 1.165) is 5.70 Å². The Balaban J connectivity index is 4.24. The molecule has 0 aliphatic carbocycles. The fraction of sp³-hybridized carbons (Fsp3) is 0.636. The topological polar surface area (TPSA) is 3.24 Å². The molecule has 0 atom stereocenters. The lowest BCUT2D eigenvalue weighted by atomic mass is 10.2. The Labute approximate surface area is 76.8 Å². The molecule has 12 heavy (non-hydrogen) atoms. The third kappa shape index (κ3) is 4.22. The van der Waals surface area contributed by atoms with E-state index >= 15 is 0 Å². The molecule has 0 unspecified atom stereocenters. The van der Waals surface area contributed by atoms with Gasteiger partial charge in [-0.15, -0.1) is 0 Å². The number of hydrogen-bond acceptors (Lipinski definition) is 1. The Kier molecular flexibility index (Phi) is 4.72. The van der Waals surface area contributed by atoms with E-state index in [1.54, 1.807) is 0 Å². The van der Waals surface area contributed by atoms with Gasteiger partial charge in [0.1, 0.15) is 0 Å². The highest BCUT2D eigenvalue weighted by molar-refractivity contribution is 4.99. The second kappa shape index (κ2) is 5.02. The molecule has 70 valence electrons. The summed E-state index contributed by atoms with van der Waals surface area (Å²) in [4.78, 5) is 2.18. The maximum atomic E-state index is 3.93. The third-order valence-corrected chi connectivity index (χ3v) is 1.63. The van der Waals surface area contributed by atoms with E-state index in [1.807, 2.05) is 6.92 Å². The molecule has 0 aliphatic rings. The lowest BCUT2D eigenvalue weighted by molar-refractivity contribution is 0.384. The van der Waals surface area contributed by atoms with Gasteiger partial charge < -0.3 is 4.90 Å². The number of hydrogen-bond donors (Lipinski definition) is 0. The van der Waals surface area contributed by atoms with Crippen LogP contribution in [0, 0.1) is 5.92 Å². The van der Waals surface area contributed by atoms with Crippen molar-refractivity contribution in [1.82, 2.24) is 4.90 Å². The van der Waals surface area contributed by atoms with Crippen LogP contribution in [-0.2, 0) is 0 Å². The van der Waals surface area contributed by atoms with E-state index < -0.39 is 0 Å². The van der Waals surface area contributed by atoms with E-state index in [0.29, 0.717) is 12.0 Å². The van der Waals surface area contributed by atoms with Gasteiger partial charge >= 0.3 is 0 Å². The molecule has 0 aliphatic heterocycles. The molecular weight excluding hydrogens is 146 g/mol. The van der Waals surface area contributed by atoms with E-state index in [1.165, 1.54) is 0 Å². The average molecular weight is 167 g/mol. The Morgan fingerprint density at radius 2 is 1.75 bits per heavy atom.